The maximum Gasteiger partial charge on any atom is 0.310 e. The number of aromatic nitrogens is 2. The van der Waals surface area contributed by atoms with Crippen molar-refractivity contribution in [2.45, 2.75) is 0 Å². The van der Waals surface area contributed by atoms with Crippen LogP contribution in [0, 0.1) is 0 Å². The predicted octanol–water partition coefficient (Wildman–Crippen LogP) is 0.0322. The second-order valence-electron chi connectivity index (χ2n) is 4.64. The summed E-state index contributed by atoms with van der Waals surface area (Å²) in [6, 6.07) is 4.72. The van der Waals surface area contributed by atoms with E-state index >= 15 is 0 Å². The zero-order chi connectivity index (χ0) is 15.3. The van der Waals surface area contributed by atoms with Crippen LogP contribution in [0.5, 0.6) is 11.5 Å². The van der Waals surface area contributed by atoms with Gasteiger partial charge in [0.2, 0.25) is 5.75 Å². The number of anilines is 2. The normalized spacial score (nSPS) is 11.9. The number of carbonyl (C=O) groups excluding carboxylic acids is 1. The number of carbonyl (C=O) groups is 1. The molecule has 1 aliphatic heterocycles. The van der Waals surface area contributed by atoms with E-state index in [-0.39, 0.29) is 22.7 Å². The van der Waals surface area contributed by atoms with E-state index in [4.69, 9.17) is 10.5 Å². The van der Waals surface area contributed by atoms with Gasteiger partial charge >= 0.3 is 5.56 Å². The molecular formula is C13H12N4O4. The Labute approximate surface area is 118 Å². The molecule has 0 fully saturated rings. The SMILES string of the molecule is Cn1c(=O)c2c(c(=O)n1C)Oc1c(cccc1C(N)=O)N2. The fraction of sp³-hybridized carbons (Fsp3) is 0.154. The van der Waals surface area contributed by atoms with Crippen molar-refractivity contribution >= 4 is 17.3 Å². The van der Waals surface area contributed by atoms with Crippen LogP contribution in [0.4, 0.5) is 11.4 Å². The van der Waals surface area contributed by atoms with E-state index in [1.54, 1.807) is 12.1 Å². The van der Waals surface area contributed by atoms with Crippen LogP contribution in [0.3, 0.4) is 0 Å². The Morgan fingerprint density at radius 2 is 1.81 bits per heavy atom. The summed E-state index contributed by atoms with van der Waals surface area (Å²) < 4.78 is 7.80. The molecule has 0 bridgehead atoms. The third kappa shape index (κ3) is 1.72. The number of ether oxygens (including phenoxy) is 1. The van der Waals surface area contributed by atoms with E-state index in [1.807, 2.05) is 0 Å². The lowest BCUT2D eigenvalue weighted by Crippen LogP contribution is -2.38. The fourth-order valence-corrected chi connectivity index (χ4v) is 2.17. The molecule has 8 heteroatoms. The quantitative estimate of drug-likeness (QED) is 0.657. The minimum Gasteiger partial charge on any atom is -0.446 e. The summed E-state index contributed by atoms with van der Waals surface area (Å²) in [5.41, 5.74) is 4.95. The van der Waals surface area contributed by atoms with Crippen LogP contribution >= 0.6 is 0 Å². The summed E-state index contributed by atoms with van der Waals surface area (Å²) in [5, 5.41) is 2.83. The summed E-state index contributed by atoms with van der Waals surface area (Å²) >= 11 is 0. The highest BCUT2D eigenvalue weighted by Crippen LogP contribution is 2.40. The minimum atomic E-state index is -0.683. The molecular weight excluding hydrogens is 276 g/mol. The molecule has 1 aromatic carbocycles. The van der Waals surface area contributed by atoms with Crippen molar-refractivity contribution in [2.75, 3.05) is 5.32 Å². The number of benzene rings is 1. The minimum absolute atomic E-state index is 0.0368. The van der Waals surface area contributed by atoms with Crippen LogP contribution in [0.15, 0.2) is 27.8 Å². The summed E-state index contributed by atoms with van der Waals surface area (Å²) in [5.74, 6) is -0.692. The maximum absolute atomic E-state index is 12.2. The Hall–Kier alpha value is -3.03. The smallest absolute Gasteiger partial charge is 0.310 e. The van der Waals surface area contributed by atoms with Gasteiger partial charge in [0, 0.05) is 14.1 Å². The second-order valence-corrected chi connectivity index (χ2v) is 4.64. The third-order valence-corrected chi connectivity index (χ3v) is 3.42. The standard InChI is InChI=1S/C13H12N4O4/c1-16-12(19)8-10(13(20)17(16)2)21-9-6(11(14)18)4-3-5-7(9)15-8/h3-5,15H,1-2H3,(H2,14,18). The molecule has 0 unspecified atom stereocenters. The van der Waals surface area contributed by atoms with E-state index in [0.717, 1.165) is 4.68 Å². The van der Waals surface area contributed by atoms with E-state index < -0.39 is 17.0 Å². The van der Waals surface area contributed by atoms with Gasteiger partial charge in [0.1, 0.15) is 0 Å². The molecule has 8 nitrogen and oxygen atoms in total. The van der Waals surface area contributed by atoms with Crippen LogP contribution in [0.2, 0.25) is 0 Å². The maximum atomic E-state index is 12.2. The molecule has 3 N–H and O–H groups in total. The lowest BCUT2D eigenvalue weighted by molar-refractivity contribution is 0.0998. The van der Waals surface area contributed by atoms with Crippen molar-refractivity contribution in [1.82, 2.24) is 9.36 Å². The van der Waals surface area contributed by atoms with Gasteiger partial charge in [-0.15, -0.1) is 0 Å². The molecule has 1 amide bonds. The number of rotatable bonds is 1. The zero-order valence-electron chi connectivity index (χ0n) is 11.3. The molecule has 0 atom stereocenters. The summed E-state index contributed by atoms with van der Waals surface area (Å²) in [4.78, 5) is 35.8. The van der Waals surface area contributed by atoms with Gasteiger partial charge in [-0.05, 0) is 12.1 Å². The molecule has 0 saturated carbocycles. The molecule has 21 heavy (non-hydrogen) atoms. The Morgan fingerprint density at radius 3 is 2.48 bits per heavy atom. The van der Waals surface area contributed by atoms with E-state index in [0.29, 0.717) is 5.69 Å². The van der Waals surface area contributed by atoms with Crippen molar-refractivity contribution in [3.05, 3.63) is 44.5 Å². The van der Waals surface area contributed by atoms with Crippen molar-refractivity contribution in [3.63, 3.8) is 0 Å². The summed E-state index contributed by atoms with van der Waals surface area (Å²) in [6.45, 7) is 0. The Balaban J connectivity index is 2.30. The monoisotopic (exact) mass is 288 g/mol. The number of para-hydroxylation sites is 1. The molecule has 1 aromatic heterocycles. The van der Waals surface area contributed by atoms with Gasteiger partial charge in [0.15, 0.2) is 11.4 Å². The molecule has 0 saturated heterocycles. The highest BCUT2D eigenvalue weighted by Gasteiger charge is 2.27. The highest BCUT2D eigenvalue weighted by atomic mass is 16.5. The van der Waals surface area contributed by atoms with Gasteiger partial charge in [-0.1, -0.05) is 6.07 Å². The van der Waals surface area contributed by atoms with Gasteiger partial charge in [0.05, 0.1) is 11.3 Å². The first-order chi connectivity index (χ1) is 9.91. The van der Waals surface area contributed by atoms with Gasteiger partial charge < -0.3 is 15.8 Å². The number of hydrogen-bond acceptors (Lipinski definition) is 5. The van der Waals surface area contributed by atoms with Crippen molar-refractivity contribution in [1.29, 1.82) is 0 Å². The largest absolute Gasteiger partial charge is 0.446 e. The van der Waals surface area contributed by atoms with Crippen LogP contribution in [0.25, 0.3) is 0 Å². The average molecular weight is 288 g/mol. The molecule has 1 aliphatic rings. The van der Waals surface area contributed by atoms with Gasteiger partial charge in [0.25, 0.3) is 11.5 Å². The molecule has 108 valence electrons. The molecule has 2 aromatic rings. The fourth-order valence-electron chi connectivity index (χ4n) is 2.17. The van der Waals surface area contributed by atoms with Crippen LogP contribution in [-0.2, 0) is 14.1 Å². The first-order valence-electron chi connectivity index (χ1n) is 6.09. The summed E-state index contributed by atoms with van der Waals surface area (Å²) in [7, 11) is 2.92. The van der Waals surface area contributed by atoms with Crippen molar-refractivity contribution in [3.8, 4) is 11.5 Å². The molecule has 2 heterocycles. The summed E-state index contributed by atoms with van der Waals surface area (Å²) in [6.07, 6.45) is 0. The lowest BCUT2D eigenvalue weighted by atomic mass is 10.1. The number of amides is 1. The number of fused-ring (bicyclic) bond motifs is 2. The van der Waals surface area contributed by atoms with Crippen molar-refractivity contribution < 1.29 is 9.53 Å². The zero-order valence-corrected chi connectivity index (χ0v) is 11.3. The van der Waals surface area contributed by atoms with Crippen LogP contribution in [0.1, 0.15) is 10.4 Å². The highest BCUT2D eigenvalue weighted by molar-refractivity contribution is 5.98. The molecule has 0 aliphatic carbocycles. The molecule has 3 rings (SSSR count). The number of primary amides is 1. The van der Waals surface area contributed by atoms with Crippen LogP contribution < -0.4 is 26.9 Å². The molecule has 0 spiro atoms. The Bertz CT molecular complexity index is 894. The number of nitrogens with zero attached hydrogens (tertiary/aromatic N) is 2. The van der Waals surface area contributed by atoms with E-state index in [2.05, 4.69) is 5.32 Å². The Kier molecular flexibility index (Phi) is 2.62. The van der Waals surface area contributed by atoms with Gasteiger partial charge in [-0.2, -0.15) is 0 Å². The topological polar surface area (TPSA) is 108 Å². The van der Waals surface area contributed by atoms with E-state index in [1.165, 1.54) is 24.8 Å². The third-order valence-electron chi connectivity index (χ3n) is 3.42. The van der Waals surface area contributed by atoms with Crippen molar-refractivity contribution in [2.24, 2.45) is 19.8 Å². The molecule has 0 radical (unpaired) electrons. The second kappa shape index (κ2) is 4.23. The van der Waals surface area contributed by atoms with Crippen LogP contribution in [-0.4, -0.2) is 15.3 Å². The lowest BCUT2D eigenvalue weighted by Gasteiger charge is -2.23. The van der Waals surface area contributed by atoms with E-state index in [9.17, 15) is 14.4 Å². The van der Waals surface area contributed by atoms with Gasteiger partial charge in [-0.3, -0.25) is 14.4 Å². The predicted molar refractivity (Wildman–Crippen MR) is 75.2 cm³/mol. The average Bonchev–Trinajstić information content (AvgIpc) is 2.48. The number of nitrogens with two attached hydrogens (primary N) is 1. The first kappa shape index (κ1) is 13.0. The number of nitrogens with one attached hydrogen (secondary N) is 1. The number of hydrogen-bond donors (Lipinski definition) is 2. The Morgan fingerprint density at radius 1 is 1.14 bits per heavy atom. The first-order valence-corrected chi connectivity index (χ1v) is 6.09. The van der Waals surface area contributed by atoms with Gasteiger partial charge in [-0.25, -0.2) is 9.36 Å².